The molecule has 0 saturated carbocycles. The lowest BCUT2D eigenvalue weighted by Crippen LogP contribution is -2.19. The second kappa shape index (κ2) is 15.2. The van der Waals surface area contributed by atoms with E-state index in [2.05, 4.69) is 30.7 Å². The summed E-state index contributed by atoms with van der Waals surface area (Å²) in [6, 6.07) is 8.21. The van der Waals surface area contributed by atoms with Crippen molar-refractivity contribution in [1.29, 1.82) is 0 Å². The summed E-state index contributed by atoms with van der Waals surface area (Å²) in [6.07, 6.45) is 0.0752. The fourth-order valence-electron chi connectivity index (χ4n) is 3.32. The van der Waals surface area contributed by atoms with E-state index in [1.54, 1.807) is 50.6 Å². The van der Waals surface area contributed by atoms with Gasteiger partial charge in [0.25, 0.3) is 0 Å². The molecule has 1 heterocycles. The average Bonchev–Trinajstić information content (AvgIpc) is 2.90. The molecule has 0 aliphatic carbocycles. The van der Waals surface area contributed by atoms with Gasteiger partial charge in [0.1, 0.15) is 43.5 Å². The third-order valence-electron chi connectivity index (χ3n) is 5.08. The molecule has 216 valence electrons. The van der Waals surface area contributed by atoms with Crippen molar-refractivity contribution in [2.24, 2.45) is 0 Å². The predicted octanol–water partition coefficient (Wildman–Crippen LogP) is 4.72. The molecule has 0 radical (unpaired) electrons. The summed E-state index contributed by atoms with van der Waals surface area (Å²) >= 11 is 6.31. The molecule has 2 aromatic carbocycles. The van der Waals surface area contributed by atoms with E-state index in [1.165, 1.54) is 12.4 Å². The first kappa shape index (κ1) is 30.9. The second-order valence-corrected chi connectivity index (χ2v) is 8.57. The molecule has 0 aliphatic heterocycles. The molecule has 0 unspecified atom stereocenters. The van der Waals surface area contributed by atoms with E-state index in [4.69, 9.17) is 25.8 Å². The topological polar surface area (TPSA) is 116 Å². The Bertz CT molecular complexity index is 1310. The Kier molecular flexibility index (Phi) is 11.8. The Hall–Kier alpha value is -3.65. The Morgan fingerprint density at radius 3 is 2.55 bits per heavy atom. The number of rotatable bonds is 15. The van der Waals surface area contributed by atoms with Crippen molar-refractivity contribution in [2.45, 2.75) is 6.18 Å². The zero-order chi connectivity index (χ0) is 29.0. The van der Waals surface area contributed by atoms with Gasteiger partial charge in [-0.3, -0.25) is 4.79 Å². The lowest BCUT2D eigenvalue weighted by Gasteiger charge is -2.15. The molecule has 3 aromatic rings. The smallest absolute Gasteiger partial charge is 0.411 e. The largest absolute Gasteiger partial charge is 0.490 e. The molecule has 1 amide bonds. The zero-order valence-electron chi connectivity index (χ0n) is 21.8. The van der Waals surface area contributed by atoms with Crippen LogP contribution in [0.1, 0.15) is 0 Å². The van der Waals surface area contributed by atoms with Gasteiger partial charge in [0.15, 0.2) is 0 Å². The molecule has 0 atom stereocenters. The highest BCUT2D eigenvalue weighted by Gasteiger charge is 2.27. The van der Waals surface area contributed by atoms with Crippen LogP contribution in [-0.2, 0) is 14.3 Å². The van der Waals surface area contributed by atoms with Gasteiger partial charge in [0.2, 0.25) is 5.91 Å². The first-order valence-corrected chi connectivity index (χ1v) is 12.4. The summed E-state index contributed by atoms with van der Waals surface area (Å²) in [7, 11) is 3.33. The number of nitrogens with zero attached hydrogens (tertiary/aromatic N) is 2. The maximum Gasteiger partial charge on any atom is 0.411 e. The van der Waals surface area contributed by atoms with Gasteiger partial charge in [0, 0.05) is 36.9 Å². The number of halogens is 4. The fraction of sp³-hybridized carbons (Fsp3) is 0.346. The number of hydrogen-bond donors (Lipinski definition) is 3. The summed E-state index contributed by atoms with van der Waals surface area (Å²) in [6.45, 7) is -0.554. The molecular weight excluding hydrogens is 555 g/mol. The van der Waals surface area contributed by atoms with Gasteiger partial charge in [-0.25, -0.2) is 9.97 Å². The van der Waals surface area contributed by atoms with Crippen molar-refractivity contribution in [2.75, 3.05) is 64.4 Å². The zero-order valence-corrected chi connectivity index (χ0v) is 22.6. The minimum absolute atomic E-state index is 0.105. The third kappa shape index (κ3) is 9.83. The number of fused-ring (bicyclic) bond motifs is 1. The summed E-state index contributed by atoms with van der Waals surface area (Å²) < 4.78 is 57.3. The second-order valence-electron chi connectivity index (χ2n) is 8.16. The first-order chi connectivity index (χ1) is 19.2. The highest BCUT2D eigenvalue weighted by molar-refractivity contribution is 6.32. The van der Waals surface area contributed by atoms with Crippen molar-refractivity contribution < 1.29 is 36.9 Å². The van der Waals surface area contributed by atoms with Gasteiger partial charge >= 0.3 is 6.18 Å². The number of carbonyl (C=O) groups is 1. The Labute approximate surface area is 233 Å². The summed E-state index contributed by atoms with van der Waals surface area (Å²) in [5.74, 6) is 0.779. The standard InChI is InChI=1S/C26H29ClF3N5O5/c1-31-7-3-4-24(36)35-21-13-18-20(14-23(21)40-10-8-37-2)32-16-33-25(18)34-17-5-6-22(19(27)12-17)39-11-9-38-15-26(28,29)30/h3-6,12-14,16,31H,7-11,15H2,1-2H3,(H,35,36)(H,32,33,34)/b4-3+. The summed E-state index contributed by atoms with van der Waals surface area (Å²) in [5.41, 5.74) is 1.53. The number of nitrogens with one attached hydrogen (secondary N) is 3. The monoisotopic (exact) mass is 583 g/mol. The van der Waals surface area contributed by atoms with Crippen molar-refractivity contribution in [3.63, 3.8) is 0 Å². The van der Waals surface area contributed by atoms with Crippen LogP contribution < -0.4 is 25.4 Å². The van der Waals surface area contributed by atoms with Gasteiger partial charge in [-0.05, 0) is 31.3 Å². The van der Waals surface area contributed by atoms with E-state index in [0.29, 0.717) is 47.0 Å². The molecule has 3 N–H and O–H groups in total. The Morgan fingerprint density at radius 1 is 1.05 bits per heavy atom. The van der Waals surface area contributed by atoms with E-state index in [-0.39, 0.29) is 36.5 Å². The molecule has 0 spiro atoms. The maximum atomic E-state index is 12.5. The lowest BCUT2D eigenvalue weighted by atomic mass is 10.1. The van der Waals surface area contributed by atoms with E-state index in [0.717, 1.165) is 0 Å². The van der Waals surface area contributed by atoms with Gasteiger partial charge in [0.05, 0.1) is 29.4 Å². The molecule has 1 aromatic heterocycles. The fourth-order valence-corrected chi connectivity index (χ4v) is 3.56. The van der Waals surface area contributed by atoms with E-state index in [1.807, 2.05) is 0 Å². The van der Waals surface area contributed by atoms with E-state index in [9.17, 15) is 18.0 Å². The molecule has 0 saturated heterocycles. The van der Waals surface area contributed by atoms with Gasteiger partial charge in [-0.1, -0.05) is 17.7 Å². The van der Waals surface area contributed by atoms with Crippen molar-refractivity contribution in [3.8, 4) is 11.5 Å². The molecule has 0 fully saturated rings. The number of ether oxygens (including phenoxy) is 4. The summed E-state index contributed by atoms with van der Waals surface area (Å²) in [4.78, 5) is 21.1. The van der Waals surface area contributed by atoms with Gasteiger partial charge in [-0.2, -0.15) is 13.2 Å². The van der Waals surface area contributed by atoms with Crippen LogP contribution in [0.25, 0.3) is 10.9 Å². The molecular formula is C26H29ClF3N5O5. The third-order valence-corrected chi connectivity index (χ3v) is 5.37. The maximum absolute atomic E-state index is 12.5. The van der Waals surface area contributed by atoms with E-state index < -0.39 is 12.8 Å². The molecule has 10 nitrogen and oxygen atoms in total. The van der Waals surface area contributed by atoms with Crippen LogP contribution in [-0.4, -0.2) is 75.8 Å². The Morgan fingerprint density at radius 2 is 1.82 bits per heavy atom. The number of likely N-dealkylation sites (N-methyl/N-ethyl adjacent to an activating group) is 1. The van der Waals surface area contributed by atoms with Crippen LogP contribution in [0.3, 0.4) is 0 Å². The van der Waals surface area contributed by atoms with Crippen LogP contribution in [0.5, 0.6) is 11.5 Å². The molecule has 3 rings (SSSR count). The molecule has 14 heteroatoms. The number of alkyl halides is 3. The number of hydrogen-bond acceptors (Lipinski definition) is 9. The molecule has 0 bridgehead atoms. The van der Waals surface area contributed by atoms with Gasteiger partial charge in [-0.15, -0.1) is 0 Å². The number of benzene rings is 2. The van der Waals surface area contributed by atoms with Gasteiger partial charge < -0.3 is 34.9 Å². The van der Waals surface area contributed by atoms with Crippen molar-refractivity contribution >= 4 is 45.6 Å². The number of aromatic nitrogens is 2. The number of amides is 1. The quantitative estimate of drug-likeness (QED) is 0.173. The van der Waals surface area contributed by atoms with Crippen LogP contribution in [0.4, 0.5) is 30.4 Å². The SMILES string of the molecule is CNC/C=C/C(=O)Nc1cc2c(Nc3ccc(OCCOCC(F)(F)F)c(Cl)c3)ncnc2cc1OCCOC. The molecule has 0 aliphatic rings. The highest BCUT2D eigenvalue weighted by Crippen LogP contribution is 2.35. The average molecular weight is 584 g/mol. The highest BCUT2D eigenvalue weighted by atomic mass is 35.5. The summed E-state index contributed by atoms with van der Waals surface area (Å²) in [5, 5.41) is 9.73. The van der Waals surface area contributed by atoms with Crippen LogP contribution in [0, 0.1) is 0 Å². The number of anilines is 3. The van der Waals surface area contributed by atoms with Crippen molar-refractivity contribution in [1.82, 2.24) is 15.3 Å². The Balaban J connectivity index is 1.79. The predicted molar refractivity (Wildman–Crippen MR) is 146 cm³/mol. The number of methoxy groups -OCH3 is 1. The molecule has 40 heavy (non-hydrogen) atoms. The van der Waals surface area contributed by atoms with Crippen LogP contribution in [0.2, 0.25) is 5.02 Å². The van der Waals surface area contributed by atoms with Crippen molar-refractivity contribution in [3.05, 3.63) is 53.8 Å². The first-order valence-electron chi connectivity index (χ1n) is 12.1. The lowest BCUT2D eigenvalue weighted by molar-refractivity contribution is -0.175. The van der Waals surface area contributed by atoms with Crippen LogP contribution >= 0.6 is 11.6 Å². The minimum Gasteiger partial charge on any atom is -0.490 e. The van der Waals surface area contributed by atoms with E-state index >= 15 is 0 Å². The number of carbonyl (C=O) groups excluding carboxylic acids is 1. The van der Waals surface area contributed by atoms with Crippen LogP contribution in [0.15, 0.2) is 48.8 Å². The minimum atomic E-state index is -4.40. The normalized spacial score (nSPS) is 11.7.